The van der Waals surface area contributed by atoms with Gasteiger partial charge in [-0.15, -0.1) is 16.7 Å². The fraction of sp³-hybridized carbons (Fsp3) is 0.286. The lowest BCUT2D eigenvalue weighted by Gasteiger charge is -2.08. The van der Waals surface area contributed by atoms with Crippen LogP contribution in [0, 0.1) is 11.3 Å². The molecule has 3 aromatic rings. The average molecular weight is 301 g/mol. The Morgan fingerprint density at radius 3 is 2.90 bits per heavy atom. The molecule has 6 nitrogen and oxygen atoms in total. The van der Waals surface area contributed by atoms with Crippen molar-refractivity contribution >= 4 is 22.6 Å². The van der Waals surface area contributed by atoms with Gasteiger partial charge >= 0.3 is 0 Å². The Hall–Kier alpha value is -2.39. The molecule has 0 spiro atoms. The molecule has 106 valence electrons. The van der Waals surface area contributed by atoms with Gasteiger partial charge in [0, 0.05) is 25.0 Å². The van der Waals surface area contributed by atoms with Crippen LogP contribution in [0.5, 0.6) is 0 Å². The van der Waals surface area contributed by atoms with E-state index >= 15 is 0 Å². The summed E-state index contributed by atoms with van der Waals surface area (Å²) in [6, 6.07) is 7.68. The molecule has 0 N–H and O–H groups in total. The van der Waals surface area contributed by atoms with E-state index in [1.165, 1.54) is 0 Å². The molecule has 0 radical (unpaired) electrons. The van der Waals surface area contributed by atoms with Crippen LogP contribution in [0.25, 0.3) is 11.0 Å². The molecule has 0 aliphatic rings. The van der Waals surface area contributed by atoms with Gasteiger partial charge in [0.05, 0.1) is 35.4 Å². The number of hydrogen-bond acceptors (Lipinski definition) is 4. The Bertz CT molecular complexity index is 784. The smallest absolute Gasteiger partial charge is 0.111 e. The van der Waals surface area contributed by atoms with Gasteiger partial charge in [0.2, 0.25) is 0 Å². The molecule has 1 aromatic carbocycles. The van der Waals surface area contributed by atoms with Gasteiger partial charge in [-0.2, -0.15) is 5.26 Å². The molecule has 0 saturated heterocycles. The predicted molar refractivity (Wildman–Crippen MR) is 78.9 cm³/mol. The highest BCUT2D eigenvalue weighted by atomic mass is 35.5. The number of benzene rings is 1. The van der Waals surface area contributed by atoms with Crippen LogP contribution in [0.1, 0.15) is 11.4 Å². The van der Waals surface area contributed by atoms with Crippen molar-refractivity contribution in [1.82, 2.24) is 24.5 Å². The molecule has 0 saturated carbocycles. The first-order valence-corrected chi connectivity index (χ1v) is 7.14. The number of halogens is 1. The van der Waals surface area contributed by atoms with Gasteiger partial charge in [-0.3, -0.25) is 4.68 Å². The standard InChI is InChI=1S/C14H13ClN6/c15-4-3-14-18-12-2-1-11(10-16)9-13(12)21(14)8-7-20-6-5-17-19-20/h1-2,5-6,9H,3-4,7-8H2. The van der Waals surface area contributed by atoms with Crippen LogP contribution in [-0.2, 0) is 19.5 Å². The molecule has 0 unspecified atom stereocenters. The summed E-state index contributed by atoms with van der Waals surface area (Å²) >= 11 is 5.86. The minimum absolute atomic E-state index is 0.512. The summed E-state index contributed by atoms with van der Waals surface area (Å²) < 4.78 is 3.87. The van der Waals surface area contributed by atoms with Crippen LogP contribution in [0.4, 0.5) is 0 Å². The van der Waals surface area contributed by atoms with E-state index in [-0.39, 0.29) is 0 Å². The van der Waals surface area contributed by atoms with E-state index in [4.69, 9.17) is 16.9 Å². The Morgan fingerprint density at radius 1 is 1.29 bits per heavy atom. The summed E-state index contributed by atoms with van der Waals surface area (Å²) in [5.74, 6) is 1.44. The number of nitrogens with zero attached hydrogens (tertiary/aromatic N) is 6. The first kappa shape index (κ1) is 13.6. The van der Waals surface area contributed by atoms with Gasteiger partial charge in [-0.25, -0.2) is 4.98 Å². The third-order valence-electron chi connectivity index (χ3n) is 3.30. The highest BCUT2D eigenvalue weighted by Crippen LogP contribution is 2.19. The van der Waals surface area contributed by atoms with Crippen molar-refractivity contribution in [3.8, 4) is 6.07 Å². The molecule has 2 heterocycles. The fourth-order valence-electron chi connectivity index (χ4n) is 2.32. The van der Waals surface area contributed by atoms with E-state index in [0.717, 1.165) is 16.9 Å². The number of rotatable bonds is 5. The lowest BCUT2D eigenvalue weighted by molar-refractivity contribution is 0.516. The zero-order valence-corrected chi connectivity index (χ0v) is 12.0. The van der Waals surface area contributed by atoms with Crippen molar-refractivity contribution in [3.05, 3.63) is 42.0 Å². The monoisotopic (exact) mass is 300 g/mol. The normalized spacial score (nSPS) is 10.9. The number of aryl methyl sites for hydroxylation is 3. The van der Waals surface area contributed by atoms with Gasteiger partial charge in [-0.05, 0) is 18.2 Å². The summed E-state index contributed by atoms with van der Waals surface area (Å²) in [6.07, 6.45) is 4.16. The maximum Gasteiger partial charge on any atom is 0.111 e. The Kier molecular flexibility index (Phi) is 3.84. The number of imidazole rings is 1. The summed E-state index contributed by atoms with van der Waals surface area (Å²) in [7, 11) is 0. The Morgan fingerprint density at radius 2 is 2.19 bits per heavy atom. The average Bonchev–Trinajstić information content (AvgIpc) is 3.12. The lowest BCUT2D eigenvalue weighted by Crippen LogP contribution is -2.11. The number of nitriles is 1. The van der Waals surface area contributed by atoms with Gasteiger partial charge in [0.15, 0.2) is 0 Å². The maximum atomic E-state index is 9.06. The molecule has 2 aromatic heterocycles. The third kappa shape index (κ3) is 2.73. The molecule has 3 rings (SSSR count). The molecule has 0 amide bonds. The molecule has 0 bridgehead atoms. The predicted octanol–water partition coefficient (Wildman–Crippen LogP) is 1.98. The third-order valence-corrected chi connectivity index (χ3v) is 3.49. The first-order chi connectivity index (χ1) is 10.3. The van der Waals surface area contributed by atoms with Crippen molar-refractivity contribution in [2.45, 2.75) is 19.5 Å². The first-order valence-electron chi connectivity index (χ1n) is 6.61. The van der Waals surface area contributed by atoms with Crippen LogP contribution in [-0.4, -0.2) is 30.4 Å². The SMILES string of the molecule is N#Cc1ccc2nc(CCCl)n(CCn3ccnn3)c2c1. The quantitative estimate of drug-likeness (QED) is 0.675. The Balaban J connectivity index is 1.99. The largest absolute Gasteiger partial charge is 0.326 e. The molecule has 0 fully saturated rings. The number of hydrogen-bond donors (Lipinski definition) is 0. The molecular weight excluding hydrogens is 288 g/mol. The number of fused-ring (bicyclic) bond motifs is 1. The zero-order chi connectivity index (χ0) is 14.7. The highest BCUT2D eigenvalue weighted by molar-refractivity contribution is 6.17. The van der Waals surface area contributed by atoms with Crippen LogP contribution in [0.2, 0.25) is 0 Å². The van der Waals surface area contributed by atoms with Gasteiger partial charge in [0.1, 0.15) is 5.82 Å². The summed E-state index contributed by atoms with van der Waals surface area (Å²) in [6.45, 7) is 1.40. The topological polar surface area (TPSA) is 72.3 Å². The van der Waals surface area contributed by atoms with E-state index in [1.54, 1.807) is 16.9 Å². The summed E-state index contributed by atoms with van der Waals surface area (Å²) in [5.41, 5.74) is 2.46. The summed E-state index contributed by atoms with van der Waals surface area (Å²) in [5, 5.41) is 16.8. The highest BCUT2D eigenvalue weighted by Gasteiger charge is 2.11. The Labute approximate surface area is 126 Å². The molecule has 0 aliphatic heterocycles. The van der Waals surface area contributed by atoms with E-state index in [9.17, 15) is 0 Å². The van der Waals surface area contributed by atoms with Crippen LogP contribution in [0.15, 0.2) is 30.6 Å². The van der Waals surface area contributed by atoms with Gasteiger partial charge < -0.3 is 4.57 Å². The molecule has 21 heavy (non-hydrogen) atoms. The maximum absolute atomic E-state index is 9.06. The number of alkyl halides is 1. The van der Waals surface area contributed by atoms with Crippen LogP contribution < -0.4 is 0 Å². The van der Waals surface area contributed by atoms with Crippen molar-refractivity contribution in [2.75, 3.05) is 5.88 Å². The minimum Gasteiger partial charge on any atom is -0.326 e. The van der Waals surface area contributed by atoms with Crippen LogP contribution >= 0.6 is 11.6 Å². The molecule has 0 atom stereocenters. The van der Waals surface area contributed by atoms with Crippen molar-refractivity contribution in [1.29, 1.82) is 5.26 Å². The van der Waals surface area contributed by atoms with Gasteiger partial charge in [0.25, 0.3) is 0 Å². The van der Waals surface area contributed by atoms with E-state index < -0.39 is 0 Å². The van der Waals surface area contributed by atoms with Crippen molar-refractivity contribution < 1.29 is 0 Å². The second-order valence-electron chi connectivity index (χ2n) is 4.60. The molecule has 7 heteroatoms. The zero-order valence-electron chi connectivity index (χ0n) is 11.3. The second-order valence-corrected chi connectivity index (χ2v) is 4.98. The van der Waals surface area contributed by atoms with Crippen molar-refractivity contribution in [2.24, 2.45) is 0 Å². The fourth-order valence-corrected chi connectivity index (χ4v) is 2.49. The van der Waals surface area contributed by atoms with E-state index in [0.29, 0.717) is 31.0 Å². The number of aromatic nitrogens is 5. The second kappa shape index (κ2) is 5.94. The van der Waals surface area contributed by atoms with Crippen molar-refractivity contribution in [3.63, 3.8) is 0 Å². The van der Waals surface area contributed by atoms with Gasteiger partial charge in [-0.1, -0.05) is 5.21 Å². The van der Waals surface area contributed by atoms with E-state index in [2.05, 4.69) is 25.9 Å². The van der Waals surface area contributed by atoms with E-state index in [1.807, 2.05) is 18.3 Å². The molecular formula is C14H13ClN6. The molecule has 0 aliphatic carbocycles. The minimum atomic E-state index is 0.512. The summed E-state index contributed by atoms with van der Waals surface area (Å²) in [4.78, 5) is 4.60. The lowest BCUT2D eigenvalue weighted by atomic mass is 10.2. The van der Waals surface area contributed by atoms with Crippen LogP contribution in [0.3, 0.4) is 0 Å².